The smallest absolute Gasteiger partial charge is 0.371 e. The average molecular weight is 301 g/mol. The fourth-order valence-corrected chi connectivity index (χ4v) is 1.91. The summed E-state index contributed by atoms with van der Waals surface area (Å²) < 4.78 is 5.08. The normalized spacial score (nSPS) is 11.2. The Morgan fingerprint density at radius 2 is 1.82 bits per heavy atom. The zero-order chi connectivity index (χ0) is 16.1. The standard InChI is InChI=1S/C16H15NO5/c1-22-12-5-2-10(3-6-12)8-11-4-7-13(17-11)14(18)9-15(19)16(20)21/h2-7,9,17,19H,8H2,1H3,(H,20,21)/b15-9-. The van der Waals surface area contributed by atoms with Gasteiger partial charge in [0.05, 0.1) is 12.8 Å². The predicted molar refractivity (Wildman–Crippen MR) is 79.3 cm³/mol. The molecule has 0 saturated carbocycles. The zero-order valence-corrected chi connectivity index (χ0v) is 11.9. The van der Waals surface area contributed by atoms with Crippen LogP contribution in [0.4, 0.5) is 0 Å². The van der Waals surface area contributed by atoms with Crippen LogP contribution in [-0.2, 0) is 11.2 Å². The summed E-state index contributed by atoms with van der Waals surface area (Å²) >= 11 is 0. The molecule has 2 rings (SSSR count). The van der Waals surface area contributed by atoms with Gasteiger partial charge in [-0.15, -0.1) is 0 Å². The largest absolute Gasteiger partial charge is 0.502 e. The molecule has 0 spiro atoms. The molecule has 0 bridgehead atoms. The number of nitrogens with one attached hydrogen (secondary N) is 1. The summed E-state index contributed by atoms with van der Waals surface area (Å²) in [5.41, 5.74) is 2.05. The fraction of sp³-hybridized carbons (Fsp3) is 0.125. The Kier molecular flexibility index (Phi) is 4.63. The Morgan fingerprint density at radius 3 is 2.41 bits per heavy atom. The summed E-state index contributed by atoms with van der Waals surface area (Å²) in [7, 11) is 1.60. The number of aromatic amines is 1. The first-order valence-electron chi connectivity index (χ1n) is 6.48. The maximum absolute atomic E-state index is 11.8. The molecule has 0 aliphatic heterocycles. The molecule has 114 valence electrons. The van der Waals surface area contributed by atoms with E-state index in [0.717, 1.165) is 17.0 Å². The topological polar surface area (TPSA) is 99.6 Å². The minimum absolute atomic E-state index is 0.219. The van der Waals surface area contributed by atoms with Gasteiger partial charge in [-0.2, -0.15) is 0 Å². The third-order valence-corrected chi connectivity index (χ3v) is 3.05. The van der Waals surface area contributed by atoms with E-state index in [-0.39, 0.29) is 5.69 Å². The van der Waals surface area contributed by atoms with Crippen LogP contribution in [0.2, 0.25) is 0 Å². The third-order valence-electron chi connectivity index (χ3n) is 3.05. The number of hydrogen-bond acceptors (Lipinski definition) is 4. The summed E-state index contributed by atoms with van der Waals surface area (Å²) in [5, 5.41) is 17.6. The molecule has 0 saturated heterocycles. The van der Waals surface area contributed by atoms with Gasteiger partial charge in [-0.1, -0.05) is 12.1 Å². The Hall–Kier alpha value is -3.02. The van der Waals surface area contributed by atoms with Gasteiger partial charge in [-0.25, -0.2) is 4.79 Å². The van der Waals surface area contributed by atoms with Crippen LogP contribution in [0.25, 0.3) is 0 Å². The van der Waals surface area contributed by atoms with Crippen molar-refractivity contribution in [1.82, 2.24) is 4.98 Å². The van der Waals surface area contributed by atoms with Crippen molar-refractivity contribution in [2.45, 2.75) is 6.42 Å². The quantitative estimate of drug-likeness (QED) is 0.432. The number of aliphatic hydroxyl groups is 1. The van der Waals surface area contributed by atoms with Gasteiger partial charge >= 0.3 is 5.97 Å². The van der Waals surface area contributed by atoms with E-state index < -0.39 is 17.5 Å². The minimum atomic E-state index is -1.54. The number of rotatable bonds is 6. The zero-order valence-electron chi connectivity index (χ0n) is 11.9. The number of carbonyl (C=O) groups excluding carboxylic acids is 1. The Morgan fingerprint density at radius 1 is 1.14 bits per heavy atom. The summed E-state index contributed by atoms with van der Waals surface area (Å²) in [6.45, 7) is 0. The summed E-state index contributed by atoms with van der Waals surface area (Å²) in [6.07, 6.45) is 1.26. The van der Waals surface area contributed by atoms with E-state index in [1.165, 1.54) is 0 Å². The van der Waals surface area contributed by atoms with Crippen LogP contribution in [0.1, 0.15) is 21.7 Å². The molecule has 0 fully saturated rings. The first kappa shape index (κ1) is 15.4. The van der Waals surface area contributed by atoms with E-state index in [9.17, 15) is 9.59 Å². The SMILES string of the molecule is COc1ccc(Cc2ccc(C(=O)/C=C(\O)C(=O)O)[nH]2)cc1. The number of aliphatic hydroxyl groups excluding tert-OH is 1. The van der Waals surface area contributed by atoms with Gasteiger partial charge in [0.25, 0.3) is 0 Å². The molecule has 3 N–H and O–H groups in total. The number of allylic oxidation sites excluding steroid dienone is 1. The van der Waals surface area contributed by atoms with Gasteiger partial charge in [0.2, 0.25) is 11.5 Å². The van der Waals surface area contributed by atoms with E-state index >= 15 is 0 Å². The van der Waals surface area contributed by atoms with Crippen molar-refractivity contribution in [3.05, 3.63) is 65.2 Å². The van der Waals surface area contributed by atoms with Crippen LogP contribution in [0.15, 0.2) is 48.2 Å². The summed E-state index contributed by atoms with van der Waals surface area (Å²) in [4.78, 5) is 25.1. The molecule has 2 aromatic rings. The van der Waals surface area contributed by atoms with Crippen LogP contribution in [0, 0.1) is 0 Å². The van der Waals surface area contributed by atoms with Gasteiger partial charge in [0.1, 0.15) is 5.75 Å². The van der Waals surface area contributed by atoms with Gasteiger partial charge in [-0.05, 0) is 29.8 Å². The van der Waals surface area contributed by atoms with Gasteiger partial charge in [-0.3, -0.25) is 4.79 Å². The van der Waals surface area contributed by atoms with Crippen molar-refractivity contribution in [3.63, 3.8) is 0 Å². The number of carboxylic acids is 1. The molecule has 0 amide bonds. The van der Waals surface area contributed by atoms with Gasteiger partial charge in [0.15, 0.2) is 0 Å². The number of ether oxygens (including phenoxy) is 1. The number of aliphatic carboxylic acids is 1. The molecule has 1 aromatic heterocycles. The second kappa shape index (κ2) is 6.62. The Balaban J connectivity index is 2.09. The first-order chi connectivity index (χ1) is 10.5. The van der Waals surface area contributed by atoms with Gasteiger partial charge < -0.3 is 19.9 Å². The molecule has 1 aromatic carbocycles. The molecular formula is C16H15NO5. The number of ketones is 1. The molecule has 0 atom stereocenters. The van der Waals surface area contributed by atoms with Crippen LogP contribution in [0.5, 0.6) is 5.75 Å². The lowest BCUT2D eigenvalue weighted by molar-refractivity contribution is -0.135. The molecular weight excluding hydrogens is 286 g/mol. The molecule has 0 aliphatic carbocycles. The number of hydrogen-bond donors (Lipinski definition) is 3. The lowest BCUT2D eigenvalue weighted by Crippen LogP contribution is -2.04. The minimum Gasteiger partial charge on any atom is -0.502 e. The van der Waals surface area contributed by atoms with Crippen LogP contribution in [0.3, 0.4) is 0 Å². The molecule has 0 radical (unpaired) electrons. The van der Waals surface area contributed by atoms with Crippen molar-refractivity contribution in [3.8, 4) is 5.75 Å². The number of benzene rings is 1. The van der Waals surface area contributed by atoms with Crippen molar-refractivity contribution in [2.24, 2.45) is 0 Å². The second-order valence-corrected chi connectivity index (χ2v) is 4.62. The highest BCUT2D eigenvalue weighted by Gasteiger charge is 2.11. The van der Waals surface area contributed by atoms with Crippen molar-refractivity contribution >= 4 is 11.8 Å². The summed E-state index contributed by atoms with van der Waals surface area (Å²) in [6, 6.07) is 10.8. The third kappa shape index (κ3) is 3.76. The van der Waals surface area contributed by atoms with Crippen LogP contribution >= 0.6 is 0 Å². The van der Waals surface area contributed by atoms with Crippen LogP contribution in [-0.4, -0.2) is 34.1 Å². The Labute approximate surface area is 126 Å². The Bertz CT molecular complexity index is 712. The molecule has 6 heteroatoms. The molecule has 1 heterocycles. The number of H-pyrrole nitrogens is 1. The van der Waals surface area contributed by atoms with E-state index in [2.05, 4.69) is 4.98 Å². The molecule has 6 nitrogen and oxygen atoms in total. The lowest BCUT2D eigenvalue weighted by Gasteiger charge is -2.02. The van der Waals surface area contributed by atoms with E-state index in [1.54, 1.807) is 19.2 Å². The van der Waals surface area contributed by atoms with Gasteiger partial charge in [0, 0.05) is 18.2 Å². The molecule has 22 heavy (non-hydrogen) atoms. The maximum Gasteiger partial charge on any atom is 0.371 e. The number of aromatic nitrogens is 1. The highest BCUT2D eigenvalue weighted by Crippen LogP contribution is 2.15. The number of carboxylic acid groups (broad SMARTS) is 1. The summed E-state index contributed by atoms with van der Waals surface area (Å²) in [5.74, 6) is -2.36. The van der Waals surface area contributed by atoms with Crippen molar-refractivity contribution < 1.29 is 24.5 Å². The first-order valence-corrected chi connectivity index (χ1v) is 6.48. The van der Waals surface area contributed by atoms with E-state index in [0.29, 0.717) is 12.5 Å². The highest BCUT2D eigenvalue weighted by molar-refractivity contribution is 6.06. The van der Waals surface area contributed by atoms with E-state index in [1.807, 2.05) is 24.3 Å². The highest BCUT2D eigenvalue weighted by atomic mass is 16.5. The monoisotopic (exact) mass is 301 g/mol. The van der Waals surface area contributed by atoms with Crippen molar-refractivity contribution in [1.29, 1.82) is 0 Å². The fourth-order valence-electron chi connectivity index (χ4n) is 1.91. The molecule has 0 aliphatic rings. The number of carbonyl (C=O) groups is 2. The van der Waals surface area contributed by atoms with Crippen LogP contribution < -0.4 is 4.74 Å². The van der Waals surface area contributed by atoms with Crippen molar-refractivity contribution in [2.75, 3.05) is 7.11 Å². The predicted octanol–water partition coefficient (Wildman–Crippen LogP) is 2.32. The average Bonchev–Trinajstić information content (AvgIpc) is 2.96. The van der Waals surface area contributed by atoms with E-state index in [4.69, 9.17) is 14.9 Å². The second-order valence-electron chi connectivity index (χ2n) is 4.62. The molecule has 0 unspecified atom stereocenters. The maximum atomic E-state index is 11.8. The lowest BCUT2D eigenvalue weighted by atomic mass is 10.1. The number of methoxy groups -OCH3 is 1.